The third-order valence-corrected chi connectivity index (χ3v) is 3.73. The zero-order valence-electron chi connectivity index (χ0n) is 11.6. The van der Waals surface area contributed by atoms with E-state index in [2.05, 4.69) is 5.10 Å². The van der Waals surface area contributed by atoms with E-state index in [0.29, 0.717) is 0 Å². The summed E-state index contributed by atoms with van der Waals surface area (Å²) in [5, 5.41) is 3.63. The fourth-order valence-corrected chi connectivity index (χ4v) is 2.03. The standard InChI is InChI=1S/C14H12Cl2FN3O2/c1-19(7-9-2-4-10(17)5-3-9)12(21)8-20-14(22)13(16)11(15)6-18-20/h2-6H,7-8H2,1H3. The predicted molar refractivity (Wildman–Crippen MR) is 81.4 cm³/mol. The van der Waals surface area contributed by atoms with E-state index < -0.39 is 5.56 Å². The maximum absolute atomic E-state index is 12.8. The smallest absolute Gasteiger partial charge is 0.287 e. The molecule has 8 heteroatoms. The van der Waals surface area contributed by atoms with Gasteiger partial charge in [-0.1, -0.05) is 35.3 Å². The van der Waals surface area contributed by atoms with E-state index >= 15 is 0 Å². The molecular weight excluding hydrogens is 332 g/mol. The average molecular weight is 344 g/mol. The van der Waals surface area contributed by atoms with Crippen LogP contribution in [0.4, 0.5) is 4.39 Å². The zero-order valence-corrected chi connectivity index (χ0v) is 13.1. The number of hydrogen-bond donors (Lipinski definition) is 0. The first-order chi connectivity index (χ1) is 10.4. The van der Waals surface area contributed by atoms with Gasteiger partial charge in [-0.25, -0.2) is 9.07 Å². The van der Waals surface area contributed by atoms with Gasteiger partial charge in [0, 0.05) is 13.6 Å². The lowest BCUT2D eigenvalue weighted by Crippen LogP contribution is -2.34. The Labute approximate surface area is 135 Å². The second-order valence-corrected chi connectivity index (χ2v) is 5.43. The van der Waals surface area contributed by atoms with Gasteiger partial charge in [0.25, 0.3) is 5.56 Å². The molecule has 2 rings (SSSR count). The van der Waals surface area contributed by atoms with Crippen molar-refractivity contribution in [2.45, 2.75) is 13.1 Å². The summed E-state index contributed by atoms with van der Waals surface area (Å²) in [6.45, 7) is 0.0304. The maximum atomic E-state index is 12.8. The van der Waals surface area contributed by atoms with E-state index in [-0.39, 0.29) is 34.9 Å². The number of hydrogen-bond acceptors (Lipinski definition) is 3. The Kier molecular flexibility index (Phi) is 5.15. The fourth-order valence-electron chi connectivity index (χ4n) is 1.76. The van der Waals surface area contributed by atoms with Crippen LogP contribution in [-0.4, -0.2) is 27.6 Å². The molecule has 1 aromatic heterocycles. The lowest BCUT2D eigenvalue weighted by molar-refractivity contribution is -0.131. The van der Waals surface area contributed by atoms with Gasteiger partial charge in [0.2, 0.25) is 5.91 Å². The van der Waals surface area contributed by atoms with Crippen molar-refractivity contribution in [1.82, 2.24) is 14.7 Å². The van der Waals surface area contributed by atoms with Crippen molar-refractivity contribution in [3.8, 4) is 0 Å². The Morgan fingerprint density at radius 1 is 1.32 bits per heavy atom. The van der Waals surface area contributed by atoms with E-state index in [1.165, 1.54) is 23.2 Å². The molecular formula is C14H12Cl2FN3O2. The molecule has 0 aliphatic heterocycles. The lowest BCUT2D eigenvalue weighted by Gasteiger charge is -2.17. The van der Waals surface area contributed by atoms with Crippen LogP contribution in [0.1, 0.15) is 5.56 Å². The Hall–Kier alpha value is -1.92. The summed E-state index contributed by atoms with van der Waals surface area (Å²) in [6, 6.07) is 5.81. The molecule has 0 aliphatic rings. The van der Waals surface area contributed by atoms with Crippen LogP contribution in [0.5, 0.6) is 0 Å². The van der Waals surface area contributed by atoms with Gasteiger partial charge >= 0.3 is 0 Å². The van der Waals surface area contributed by atoms with Crippen molar-refractivity contribution >= 4 is 29.1 Å². The number of aromatic nitrogens is 2. The summed E-state index contributed by atoms with van der Waals surface area (Å²) in [7, 11) is 1.58. The van der Waals surface area contributed by atoms with Crippen molar-refractivity contribution < 1.29 is 9.18 Å². The largest absolute Gasteiger partial charge is 0.340 e. The summed E-state index contributed by atoms with van der Waals surface area (Å²) in [6.07, 6.45) is 1.21. The topological polar surface area (TPSA) is 55.2 Å². The summed E-state index contributed by atoms with van der Waals surface area (Å²) in [5.41, 5.74) is 0.143. The van der Waals surface area contributed by atoms with Gasteiger partial charge < -0.3 is 4.90 Å². The van der Waals surface area contributed by atoms with Gasteiger partial charge in [0.05, 0.1) is 11.2 Å². The van der Waals surface area contributed by atoms with Crippen LogP contribution in [0.2, 0.25) is 10.0 Å². The monoisotopic (exact) mass is 343 g/mol. The third-order valence-electron chi connectivity index (χ3n) is 2.99. The Bertz CT molecular complexity index is 747. The summed E-state index contributed by atoms with van der Waals surface area (Å²) in [5.74, 6) is -0.679. The second-order valence-electron chi connectivity index (χ2n) is 4.65. The van der Waals surface area contributed by atoms with Crippen LogP contribution < -0.4 is 5.56 Å². The van der Waals surface area contributed by atoms with Crippen LogP contribution >= 0.6 is 23.2 Å². The van der Waals surface area contributed by atoms with E-state index in [0.717, 1.165) is 10.2 Å². The minimum Gasteiger partial charge on any atom is -0.340 e. The van der Waals surface area contributed by atoms with Crippen molar-refractivity contribution in [1.29, 1.82) is 0 Å². The third kappa shape index (κ3) is 3.84. The van der Waals surface area contributed by atoms with Crippen LogP contribution in [0.3, 0.4) is 0 Å². The van der Waals surface area contributed by atoms with E-state index in [9.17, 15) is 14.0 Å². The zero-order chi connectivity index (χ0) is 16.3. The van der Waals surface area contributed by atoms with Crippen molar-refractivity contribution in [3.63, 3.8) is 0 Å². The van der Waals surface area contributed by atoms with Crippen LogP contribution in [0, 0.1) is 5.82 Å². The summed E-state index contributed by atoms with van der Waals surface area (Å²) < 4.78 is 13.8. The molecule has 2 aromatic rings. The minimum atomic E-state index is -0.627. The molecule has 0 spiro atoms. The SMILES string of the molecule is CN(Cc1ccc(F)cc1)C(=O)Cn1ncc(Cl)c(Cl)c1=O. The van der Waals surface area contributed by atoms with Crippen LogP contribution in [0.25, 0.3) is 0 Å². The molecule has 0 saturated heterocycles. The number of halogens is 3. The van der Waals surface area contributed by atoms with Gasteiger partial charge in [-0.3, -0.25) is 9.59 Å². The van der Waals surface area contributed by atoms with Gasteiger partial charge in [0.1, 0.15) is 17.4 Å². The molecule has 1 heterocycles. The van der Waals surface area contributed by atoms with Gasteiger partial charge in [-0.05, 0) is 17.7 Å². The second kappa shape index (κ2) is 6.89. The highest BCUT2D eigenvalue weighted by Crippen LogP contribution is 2.14. The van der Waals surface area contributed by atoms with E-state index in [1.807, 2.05) is 0 Å². The molecule has 0 radical (unpaired) electrons. The fraction of sp³-hybridized carbons (Fsp3) is 0.214. The lowest BCUT2D eigenvalue weighted by atomic mass is 10.2. The normalized spacial score (nSPS) is 10.5. The Morgan fingerprint density at radius 3 is 2.59 bits per heavy atom. The molecule has 116 valence electrons. The summed E-state index contributed by atoms with van der Waals surface area (Å²) in [4.78, 5) is 25.3. The predicted octanol–water partition coefficient (Wildman–Crippen LogP) is 2.35. The molecule has 0 unspecified atom stereocenters. The molecule has 22 heavy (non-hydrogen) atoms. The van der Waals surface area contributed by atoms with E-state index in [4.69, 9.17) is 23.2 Å². The highest BCUT2D eigenvalue weighted by atomic mass is 35.5. The highest BCUT2D eigenvalue weighted by molar-refractivity contribution is 6.41. The maximum Gasteiger partial charge on any atom is 0.287 e. The molecule has 5 nitrogen and oxygen atoms in total. The molecule has 0 bridgehead atoms. The van der Waals surface area contributed by atoms with Gasteiger partial charge in [0.15, 0.2) is 0 Å². The number of carbonyl (C=O) groups excluding carboxylic acids is 1. The van der Waals surface area contributed by atoms with Crippen molar-refractivity contribution in [3.05, 3.63) is 62.2 Å². The van der Waals surface area contributed by atoms with Crippen molar-refractivity contribution in [2.24, 2.45) is 0 Å². The Balaban J connectivity index is 2.07. The average Bonchev–Trinajstić information content (AvgIpc) is 2.50. The molecule has 0 N–H and O–H groups in total. The molecule has 1 aromatic carbocycles. The molecule has 1 amide bonds. The molecule has 0 fully saturated rings. The first-order valence-electron chi connectivity index (χ1n) is 6.28. The first kappa shape index (κ1) is 16.5. The van der Waals surface area contributed by atoms with Crippen LogP contribution in [0.15, 0.2) is 35.3 Å². The number of amides is 1. The molecule has 0 aliphatic carbocycles. The summed E-state index contributed by atoms with van der Waals surface area (Å²) >= 11 is 11.4. The number of likely N-dealkylation sites (N-methyl/N-ethyl adjacent to an activating group) is 1. The number of nitrogens with zero attached hydrogens (tertiary/aromatic N) is 3. The van der Waals surface area contributed by atoms with Crippen LogP contribution in [-0.2, 0) is 17.9 Å². The Morgan fingerprint density at radius 2 is 1.95 bits per heavy atom. The van der Waals surface area contributed by atoms with Gasteiger partial charge in [-0.2, -0.15) is 5.10 Å². The number of rotatable bonds is 4. The quantitative estimate of drug-likeness (QED) is 0.856. The molecule has 0 saturated carbocycles. The number of carbonyl (C=O) groups is 1. The number of benzene rings is 1. The van der Waals surface area contributed by atoms with Crippen molar-refractivity contribution in [2.75, 3.05) is 7.05 Å². The van der Waals surface area contributed by atoms with E-state index in [1.54, 1.807) is 19.2 Å². The minimum absolute atomic E-state index is 0.0371. The highest BCUT2D eigenvalue weighted by Gasteiger charge is 2.14. The first-order valence-corrected chi connectivity index (χ1v) is 7.03. The van der Waals surface area contributed by atoms with Gasteiger partial charge in [-0.15, -0.1) is 0 Å². The molecule has 0 atom stereocenters.